The maximum absolute atomic E-state index is 12.1. The van der Waals surface area contributed by atoms with E-state index in [1.807, 2.05) is 24.3 Å². The Bertz CT molecular complexity index is 890. The molecule has 0 unspecified atom stereocenters. The average molecular weight is 473 g/mol. The van der Waals surface area contributed by atoms with E-state index >= 15 is 0 Å². The zero-order chi connectivity index (χ0) is 24.3. The van der Waals surface area contributed by atoms with Gasteiger partial charge >= 0.3 is 6.01 Å². The van der Waals surface area contributed by atoms with Gasteiger partial charge in [-0.1, -0.05) is 29.4 Å². The van der Waals surface area contributed by atoms with Crippen molar-refractivity contribution in [1.29, 1.82) is 0 Å². The smallest absolute Gasteiger partial charge is 0.318 e. The topological polar surface area (TPSA) is 155 Å². The van der Waals surface area contributed by atoms with Gasteiger partial charge in [0.05, 0.1) is 33.0 Å². The quantitative estimate of drug-likeness (QED) is 0.141. The van der Waals surface area contributed by atoms with Crippen molar-refractivity contribution in [1.82, 2.24) is 9.97 Å². The van der Waals surface area contributed by atoms with Gasteiger partial charge in [0.25, 0.3) is 0 Å². The number of anilines is 1. The third kappa shape index (κ3) is 12.7. The maximum Gasteiger partial charge on any atom is 0.318 e. The van der Waals surface area contributed by atoms with E-state index in [0.717, 1.165) is 11.1 Å². The van der Waals surface area contributed by atoms with Crippen LogP contribution in [0.5, 0.6) is 6.01 Å². The van der Waals surface area contributed by atoms with E-state index in [1.54, 1.807) is 12.3 Å². The summed E-state index contributed by atoms with van der Waals surface area (Å²) in [4.78, 5) is 22.7. The van der Waals surface area contributed by atoms with Crippen molar-refractivity contribution in [2.24, 2.45) is 5.11 Å². The Morgan fingerprint density at radius 2 is 1.62 bits per heavy atom. The number of carbonyl (C=O) groups excluding carboxylic acids is 1. The van der Waals surface area contributed by atoms with Gasteiger partial charge < -0.3 is 24.7 Å². The molecule has 11 heteroatoms. The first-order chi connectivity index (χ1) is 16.7. The van der Waals surface area contributed by atoms with Crippen molar-refractivity contribution in [2.45, 2.75) is 32.3 Å². The predicted molar refractivity (Wildman–Crippen MR) is 126 cm³/mol. The zero-order valence-corrected chi connectivity index (χ0v) is 19.3. The molecule has 1 heterocycles. The van der Waals surface area contributed by atoms with Gasteiger partial charge in [-0.3, -0.25) is 4.79 Å². The number of nitrogens with zero attached hydrogens (tertiary/aromatic N) is 5. The number of nitrogens with two attached hydrogens (primary N) is 1. The van der Waals surface area contributed by atoms with Gasteiger partial charge in [-0.05, 0) is 35.6 Å². The lowest BCUT2D eigenvalue weighted by Crippen LogP contribution is -2.11. The fourth-order valence-corrected chi connectivity index (χ4v) is 2.85. The zero-order valence-electron chi connectivity index (χ0n) is 19.3. The fourth-order valence-electron chi connectivity index (χ4n) is 2.85. The second kappa shape index (κ2) is 17.3. The van der Waals surface area contributed by atoms with Crippen LogP contribution in [0.3, 0.4) is 0 Å². The van der Waals surface area contributed by atoms with E-state index in [4.69, 9.17) is 30.2 Å². The molecule has 0 aliphatic rings. The molecule has 0 saturated heterocycles. The number of hydrogen-bond donors (Lipinski definition) is 1. The highest BCUT2D eigenvalue weighted by atomic mass is 16.5. The monoisotopic (exact) mass is 472 g/mol. The molecule has 0 atom stereocenters. The van der Waals surface area contributed by atoms with E-state index in [1.165, 1.54) is 0 Å². The van der Waals surface area contributed by atoms with Crippen molar-refractivity contribution in [3.63, 3.8) is 0 Å². The number of aromatic nitrogens is 2. The molecule has 0 radical (unpaired) electrons. The van der Waals surface area contributed by atoms with Gasteiger partial charge in [0, 0.05) is 37.1 Å². The summed E-state index contributed by atoms with van der Waals surface area (Å²) < 4.78 is 21.6. The number of ether oxygens (including phenoxy) is 4. The molecule has 0 aliphatic heterocycles. The molecular formula is C23H32N6O5. The van der Waals surface area contributed by atoms with E-state index in [2.05, 4.69) is 20.0 Å². The SMILES string of the molecule is [N-]=[N+]=NCCOCCOCCOCCCC(=O)CCc1ccc(COc2nccc(N)n2)cc1. The second-order valence-corrected chi connectivity index (χ2v) is 7.30. The van der Waals surface area contributed by atoms with E-state index in [9.17, 15) is 4.79 Å². The lowest BCUT2D eigenvalue weighted by Gasteiger charge is -2.07. The van der Waals surface area contributed by atoms with Crippen LogP contribution in [0.4, 0.5) is 5.82 Å². The molecule has 0 bridgehead atoms. The van der Waals surface area contributed by atoms with Crippen LogP contribution in [0.15, 0.2) is 41.6 Å². The molecule has 0 amide bonds. The van der Waals surface area contributed by atoms with Gasteiger partial charge in [0.1, 0.15) is 18.2 Å². The third-order valence-electron chi connectivity index (χ3n) is 4.63. The minimum absolute atomic E-state index is 0.226. The number of Topliss-reactive ketones (excluding diaryl/α,β-unsaturated/α-hetero) is 1. The van der Waals surface area contributed by atoms with Crippen LogP contribution in [0, 0.1) is 0 Å². The van der Waals surface area contributed by atoms with Gasteiger partial charge in [0.2, 0.25) is 0 Å². The molecule has 2 aromatic rings. The number of azide groups is 1. The number of aryl methyl sites for hydroxylation is 1. The standard InChI is InChI=1S/C23H32N6O5/c24-22-9-10-26-23(28-22)34-18-20-5-3-19(4-6-20)7-8-21(30)2-1-12-31-14-16-33-17-15-32-13-11-27-29-25/h3-6,9-10H,1-2,7-8,11-18H2,(H2,24,26,28). The van der Waals surface area contributed by atoms with Crippen molar-refractivity contribution in [3.05, 3.63) is 58.1 Å². The number of hydrogen-bond acceptors (Lipinski definition) is 9. The highest BCUT2D eigenvalue weighted by Crippen LogP contribution is 2.11. The van der Waals surface area contributed by atoms with Gasteiger partial charge in [-0.25, -0.2) is 4.98 Å². The van der Waals surface area contributed by atoms with Crippen LogP contribution >= 0.6 is 0 Å². The molecule has 2 rings (SSSR count). The number of nitrogen functional groups attached to an aromatic ring is 1. The highest BCUT2D eigenvalue weighted by Gasteiger charge is 2.04. The number of carbonyl (C=O) groups is 1. The largest absolute Gasteiger partial charge is 0.459 e. The van der Waals surface area contributed by atoms with Crippen LogP contribution in [0.1, 0.15) is 30.4 Å². The molecule has 0 saturated carbocycles. The molecule has 11 nitrogen and oxygen atoms in total. The Balaban J connectivity index is 1.45. The first-order valence-corrected chi connectivity index (χ1v) is 11.2. The molecule has 1 aromatic heterocycles. The van der Waals surface area contributed by atoms with Gasteiger partial charge in [0.15, 0.2) is 0 Å². The average Bonchev–Trinajstić information content (AvgIpc) is 2.85. The highest BCUT2D eigenvalue weighted by molar-refractivity contribution is 5.78. The van der Waals surface area contributed by atoms with Crippen molar-refractivity contribution < 1.29 is 23.7 Å². The van der Waals surface area contributed by atoms with Gasteiger partial charge in [-0.2, -0.15) is 4.98 Å². The first kappa shape index (κ1) is 27.0. The first-order valence-electron chi connectivity index (χ1n) is 11.2. The van der Waals surface area contributed by atoms with Crippen molar-refractivity contribution >= 4 is 11.6 Å². The molecule has 34 heavy (non-hydrogen) atoms. The van der Waals surface area contributed by atoms with E-state index < -0.39 is 0 Å². The Morgan fingerprint density at radius 3 is 2.32 bits per heavy atom. The Labute approximate surface area is 199 Å². The van der Waals surface area contributed by atoms with Crippen LogP contribution in [0.25, 0.3) is 10.4 Å². The normalized spacial score (nSPS) is 10.6. The lowest BCUT2D eigenvalue weighted by molar-refractivity contribution is -0.119. The Kier molecular flexibility index (Phi) is 13.7. The fraction of sp³-hybridized carbons (Fsp3) is 0.522. The molecule has 1 aromatic carbocycles. The van der Waals surface area contributed by atoms with Gasteiger partial charge in [-0.15, -0.1) is 0 Å². The molecule has 0 spiro atoms. The van der Waals surface area contributed by atoms with Crippen molar-refractivity contribution in [3.8, 4) is 6.01 Å². The van der Waals surface area contributed by atoms with E-state index in [-0.39, 0.29) is 11.8 Å². The van der Waals surface area contributed by atoms with E-state index in [0.29, 0.717) is 84.3 Å². The molecule has 0 fully saturated rings. The lowest BCUT2D eigenvalue weighted by atomic mass is 10.0. The van der Waals surface area contributed by atoms with Crippen LogP contribution in [-0.2, 0) is 32.0 Å². The molecular weight excluding hydrogens is 440 g/mol. The summed E-state index contributed by atoms with van der Waals surface area (Å²) in [7, 11) is 0. The number of rotatable bonds is 19. The van der Waals surface area contributed by atoms with Crippen LogP contribution in [0.2, 0.25) is 0 Å². The summed E-state index contributed by atoms with van der Waals surface area (Å²) >= 11 is 0. The Hall–Kier alpha value is -3.24. The second-order valence-electron chi connectivity index (χ2n) is 7.30. The predicted octanol–water partition coefficient (Wildman–Crippen LogP) is 3.28. The van der Waals surface area contributed by atoms with Crippen molar-refractivity contribution in [2.75, 3.05) is 51.9 Å². The molecule has 0 aliphatic carbocycles. The summed E-state index contributed by atoms with van der Waals surface area (Å²) in [5, 5.41) is 3.37. The molecule has 184 valence electrons. The number of ketones is 1. The Morgan fingerprint density at radius 1 is 0.941 bits per heavy atom. The summed E-state index contributed by atoms with van der Waals surface area (Å²) in [6, 6.07) is 9.79. The minimum atomic E-state index is 0.226. The molecule has 2 N–H and O–H groups in total. The van der Waals surface area contributed by atoms with Crippen LogP contribution in [-0.4, -0.2) is 61.9 Å². The summed E-state index contributed by atoms with van der Waals surface area (Å²) in [6.07, 6.45) is 3.97. The summed E-state index contributed by atoms with van der Waals surface area (Å²) in [6.45, 7) is 3.45. The minimum Gasteiger partial charge on any atom is -0.459 e. The maximum atomic E-state index is 12.1. The third-order valence-corrected chi connectivity index (χ3v) is 4.63. The van der Waals surface area contributed by atoms with Crippen LogP contribution < -0.4 is 10.5 Å². The summed E-state index contributed by atoms with van der Waals surface area (Å²) in [5.74, 6) is 0.591. The number of benzene rings is 1. The summed E-state index contributed by atoms with van der Waals surface area (Å²) in [5.41, 5.74) is 15.8.